The molecule has 2 atom stereocenters. The van der Waals surface area contributed by atoms with Gasteiger partial charge in [-0.3, -0.25) is 9.59 Å². The van der Waals surface area contributed by atoms with Crippen molar-refractivity contribution in [3.05, 3.63) is 35.4 Å². The number of likely N-dealkylation sites (tertiary alicyclic amines) is 1. The average molecular weight is 415 g/mol. The zero-order valence-corrected chi connectivity index (χ0v) is 18.0. The largest absolute Gasteiger partial charge is 0.466 e. The minimum atomic E-state index is -0.473. The fourth-order valence-corrected chi connectivity index (χ4v) is 4.07. The van der Waals surface area contributed by atoms with Crippen LogP contribution in [-0.2, 0) is 20.7 Å². The Morgan fingerprint density at radius 1 is 1.33 bits per heavy atom. The smallest absolute Gasteiger partial charge is 0.305 e. The molecule has 6 heteroatoms. The van der Waals surface area contributed by atoms with Crippen molar-refractivity contribution in [1.82, 2.24) is 4.90 Å². The molecule has 2 rings (SSSR count). The zero-order valence-electron chi connectivity index (χ0n) is 18.0. The third kappa shape index (κ3) is 8.16. The molecule has 0 aliphatic carbocycles. The summed E-state index contributed by atoms with van der Waals surface area (Å²) in [5.41, 5.74) is 1.57. The molecule has 0 radical (unpaired) electrons. The minimum absolute atomic E-state index is 0.134. The van der Waals surface area contributed by atoms with Crippen LogP contribution < -0.4 is 0 Å². The van der Waals surface area contributed by atoms with Gasteiger partial charge in [0.15, 0.2) is 0 Å². The van der Waals surface area contributed by atoms with Crippen molar-refractivity contribution < 1.29 is 19.4 Å². The summed E-state index contributed by atoms with van der Waals surface area (Å²) in [5, 5.41) is 19.4. The summed E-state index contributed by atoms with van der Waals surface area (Å²) in [6, 6.07) is 9.67. The van der Waals surface area contributed by atoms with Crippen LogP contribution >= 0.6 is 0 Å². The van der Waals surface area contributed by atoms with E-state index in [-0.39, 0.29) is 17.9 Å². The normalized spacial score (nSPS) is 17.0. The Bertz CT molecular complexity index is 728. The van der Waals surface area contributed by atoms with Gasteiger partial charge in [-0.15, -0.1) is 0 Å². The van der Waals surface area contributed by atoms with E-state index in [1.807, 2.05) is 30.0 Å². The number of unbranched alkanes of at least 4 members (excludes halogenated alkanes) is 3. The van der Waals surface area contributed by atoms with Crippen LogP contribution in [0, 0.1) is 11.3 Å². The molecule has 0 saturated carbocycles. The summed E-state index contributed by atoms with van der Waals surface area (Å²) < 4.78 is 4.93. The number of hydrogen-bond acceptors (Lipinski definition) is 5. The summed E-state index contributed by atoms with van der Waals surface area (Å²) in [6.07, 6.45) is 7.14. The molecule has 1 N–H and O–H groups in total. The quantitative estimate of drug-likeness (QED) is 0.392. The van der Waals surface area contributed by atoms with Crippen molar-refractivity contribution in [1.29, 1.82) is 5.26 Å². The van der Waals surface area contributed by atoms with Crippen molar-refractivity contribution in [2.75, 3.05) is 13.2 Å². The standard InChI is InChI=1S/C24H34N2O4/c1-2-30-24(29)10-5-3-4-6-15-26-21(12-14-23(26)28)11-13-22(27)17-19-8-7-9-20(16-19)18-25/h7-9,16,21-22,27H,2-6,10-15,17H2,1H3/t21-,22?/m0/s1. The van der Waals surface area contributed by atoms with Gasteiger partial charge >= 0.3 is 5.97 Å². The Labute approximate surface area is 179 Å². The van der Waals surface area contributed by atoms with Gasteiger partial charge < -0.3 is 14.7 Å². The highest BCUT2D eigenvalue weighted by molar-refractivity contribution is 5.78. The summed E-state index contributed by atoms with van der Waals surface area (Å²) in [5.74, 6) is 0.0768. The molecule has 1 heterocycles. The zero-order chi connectivity index (χ0) is 21.8. The van der Waals surface area contributed by atoms with Gasteiger partial charge in [0.05, 0.1) is 24.3 Å². The lowest BCUT2D eigenvalue weighted by Gasteiger charge is -2.26. The molecule has 1 aromatic carbocycles. The highest BCUT2D eigenvalue weighted by atomic mass is 16.5. The van der Waals surface area contributed by atoms with Crippen molar-refractivity contribution in [2.45, 2.75) is 83.3 Å². The number of aliphatic hydroxyl groups is 1. The molecular weight excluding hydrogens is 380 g/mol. The summed E-state index contributed by atoms with van der Waals surface area (Å²) in [6.45, 7) is 2.99. The number of benzene rings is 1. The van der Waals surface area contributed by atoms with Crippen LogP contribution in [-0.4, -0.2) is 47.2 Å². The summed E-state index contributed by atoms with van der Waals surface area (Å²) in [7, 11) is 0. The number of hydrogen-bond donors (Lipinski definition) is 1. The Morgan fingerprint density at radius 2 is 2.13 bits per heavy atom. The lowest BCUT2D eigenvalue weighted by Crippen LogP contribution is -2.34. The SMILES string of the molecule is CCOC(=O)CCCCCCN1C(=O)CC[C@@H]1CCC(O)Cc1cccc(C#N)c1. The molecular formula is C24H34N2O4. The first-order valence-corrected chi connectivity index (χ1v) is 11.2. The molecule has 0 bridgehead atoms. The number of ether oxygens (including phenoxy) is 1. The second kappa shape index (κ2) is 13.0. The van der Waals surface area contributed by atoms with Crippen LogP contribution in [0.5, 0.6) is 0 Å². The predicted molar refractivity (Wildman–Crippen MR) is 115 cm³/mol. The van der Waals surface area contributed by atoms with Crippen molar-refractivity contribution in [3.63, 3.8) is 0 Å². The van der Waals surface area contributed by atoms with Gasteiger partial charge in [0.1, 0.15) is 0 Å². The van der Waals surface area contributed by atoms with Crippen LogP contribution in [0.25, 0.3) is 0 Å². The van der Waals surface area contributed by atoms with E-state index in [2.05, 4.69) is 6.07 Å². The van der Waals surface area contributed by atoms with E-state index in [0.29, 0.717) is 37.9 Å². The van der Waals surface area contributed by atoms with Gasteiger partial charge in [-0.1, -0.05) is 25.0 Å². The van der Waals surface area contributed by atoms with Crippen molar-refractivity contribution in [2.24, 2.45) is 0 Å². The molecule has 0 aromatic heterocycles. The maximum atomic E-state index is 12.2. The molecule has 1 aliphatic heterocycles. The average Bonchev–Trinajstić information content (AvgIpc) is 3.09. The Kier molecular flexibility index (Phi) is 10.4. The first-order valence-electron chi connectivity index (χ1n) is 11.2. The molecule has 1 amide bonds. The fraction of sp³-hybridized carbons (Fsp3) is 0.625. The number of nitriles is 1. The lowest BCUT2D eigenvalue weighted by atomic mass is 9.99. The molecule has 1 unspecified atom stereocenters. The van der Waals surface area contributed by atoms with Crippen LogP contribution in [0.15, 0.2) is 24.3 Å². The lowest BCUT2D eigenvalue weighted by molar-refractivity contribution is -0.143. The van der Waals surface area contributed by atoms with E-state index in [1.54, 1.807) is 6.07 Å². The van der Waals surface area contributed by atoms with E-state index in [4.69, 9.17) is 10.00 Å². The number of carbonyl (C=O) groups is 2. The fourth-order valence-electron chi connectivity index (χ4n) is 4.07. The monoisotopic (exact) mass is 414 g/mol. The minimum Gasteiger partial charge on any atom is -0.466 e. The summed E-state index contributed by atoms with van der Waals surface area (Å²) in [4.78, 5) is 25.6. The van der Waals surface area contributed by atoms with E-state index >= 15 is 0 Å². The molecule has 1 aromatic rings. The van der Waals surface area contributed by atoms with E-state index in [9.17, 15) is 14.7 Å². The third-order valence-electron chi connectivity index (χ3n) is 5.65. The third-order valence-corrected chi connectivity index (χ3v) is 5.65. The number of carbonyl (C=O) groups excluding carboxylic acids is 2. The van der Waals surface area contributed by atoms with E-state index in [1.165, 1.54) is 0 Å². The van der Waals surface area contributed by atoms with Gasteiger partial charge in [-0.05, 0) is 63.1 Å². The topological polar surface area (TPSA) is 90.6 Å². The van der Waals surface area contributed by atoms with Crippen molar-refractivity contribution in [3.8, 4) is 6.07 Å². The van der Waals surface area contributed by atoms with Crippen LogP contribution in [0.1, 0.15) is 75.8 Å². The number of aliphatic hydroxyl groups excluding tert-OH is 1. The number of esters is 1. The molecule has 6 nitrogen and oxygen atoms in total. The molecule has 1 saturated heterocycles. The van der Waals surface area contributed by atoms with E-state index in [0.717, 1.165) is 50.6 Å². The van der Waals surface area contributed by atoms with Crippen LogP contribution in [0.2, 0.25) is 0 Å². The maximum absolute atomic E-state index is 12.2. The molecule has 30 heavy (non-hydrogen) atoms. The van der Waals surface area contributed by atoms with Crippen LogP contribution in [0.4, 0.5) is 0 Å². The van der Waals surface area contributed by atoms with E-state index < -0.39 is 6.10 Å². The first kappa shape index (κ1) is 23.9. The van der Waals surface area contributed by atoms with Gasteiger partial charge in [-0.2, -0.15) is 5.26 Å². The predicted octanol–water partition coefficient (Wildman–Crippen LogP) is 3.75. The highest BCUT2D eigenvalue weighted by Crippen LogP contribution is 2.24. The molecule has 164 valence electrons. The number of nitrogens with zero attached hydrogens (tertiary/aromatic N) is 2. The Morgan fingerprint density at radius 3 is 2.90 bits per heavy atom. The maximum Gasteiger partial charge on any atom is 0.305 e. The van der Waals surface area contributed by atoms with Gasteiger partial charge in [0, 0.05) is 25.4 Å². The molecule has 1 aliphatic rings. The van der Waals surface area contributed by atoms with Gasteiger partial charge in [-0.25, -0.2) is 0 Å². The first-order chi connectivity index (χ1) is 14.5. The van der Waals surface area contributed by atoms with Crippen molar-refractivity contribution >= 4 is 11.9 Å². The number of amides is 1. The molecule has 0 spiro atoms. The van der Waals surface area contributed by atoms with Gasteiger partial charge in [0.2, 0.25) is 5.91 Å². The van der Waals surface area contributed by atoms with Gasteiger partial charge in [0.25, 0.3) is 0 Å². The second-order valence-electron chi connectivity index (χ2n) is 8.00. The molecule has 1 fully saturated rings. The highest BCUT2D eigenvalue weighted by Gasteiger charge is 2.30. The van der Waals surface area contributed by atoms with Crippen LogP contribution in [0.3, 0.4) is 0 Å². The Balaban J connectivity index is 1.67. The summed E-state index contributed by atoms with van der Waals surface area (Å²) >= 11 is 0. The second-order valence-corrected chi connectivity index (χ2v) is 8.00. The Hall–Kier alpha value is -2.39. The number of rotatable bonds is 13.